The van der Waals surface area contributed by atoms with E-state index >= 15 is 0 Å². The lowest BCUT2D eigenvalue weighted by molar-refractivity contribution is 0.0528. The molecular weight excluding hydrogens is 579 g/mol. The highest BCUT2D eigenvalue weighted by Gasteiger charge is 2.40. The number of benzene rings is 1. The van der Waals surface area contributed by atoms with Crippen molar-refractivity contribution >= 4 is 36.8 Å². The van der Waals surface area contributed by atoms with Gasteiger partial charge >= 0.3 is 5.97 Å². The van der Waals surface area contributed by atoms with Crippen LogP contribution in [0.4, 0.5) is 15.9 Å². The Bertz CT molecular complexity index is 1450. The van der Waals surface area contributed by atoms with E-state index in [1.807, 2.05) is 12.1 Å². The molecule has 1 aromatic carbocycles. The second-order valence-electron chi connectivity index (χ2n) is 12.8. The van der Waals surface area contributed by atoms with Gasteiger partial charge in [0.1, 0.15) is 34.2 Å². The summed E-state index contributed by atoms with van der Waals surface area (Å²) in [6.45, 7) is 17.9. The highest BCUT2D eigenvalue weighted by molar-refractivity contribution is 6.74. The predicted molar refractivity (Wildman–Crippen MR) is 177 cm³/mol. The summed E-state index contributed by atoms with van der Waals surface area (Å²) in [5, 5.41) is 6.97. The molecule has 2 heterocycles. The zero-order valence-corrected chi connectivity index (χ0v) is 28.9. The average Bonchev–Trinajstić information content (AvgIpc) is 2.97. The fourth-order valence-electron chi connectivity index (χ4n) is 4.54. The number of nitrogens with one attached hydrogen (secondary N) is 2. The lowest BCUT2D eigenvalue weighted by atomic mass is 9.94. The van der Waals surface area contributed by atoms with Crippen molar-refractivity contribution in [3.8, 4) is 11.5 Å². The Balaban J connectivity index is 2.17. The second kappa shape index (κ2) is 14.6. The molecular formula is C33H49FN4O5Si. The van der Waals surface area contributed by atoms with Crippen molar-refractivity contribution in [2.45, 2.75) is 91.0 Å². The van der Waals surface area contributed by atoms with E-state index in [0.717, 1.165) is 31.0 Å². The minimum Gasteiger partial charge on any atom is -0.497 e. The number of nitrogens with zero attached hydrogens (tertiary/aromatic N) is 2. The Labute approximate surface area is 262 Å². The number of unbranched alkanes of at least 4 members (excludes halogenated alkanes) is 1. The number of methoxy groups -OCH3 is 2. The SMILES string of the molecule is CCCCC(C)(CO[Si](C)(C)C(C)(C)C)Nc1c(C(=O)OCC)c(NCc2ccc(OC)cc2OC)nc2cc(F)cnc12. The molecule has 9 nitrogen and oxygen atoms in total. The van der Waals surface area contributed by atoms with Gasteiger partial charge in [0.25, 0.3) is 0 Å². The van der Waals surface area contributed by atoms with Crippen LogP contribution < -0.4 is 20.1 Å². The maximum atomic E-state index is 14.5. The van der Waals surface area contributed by atoms with Crippen molar-refractivity contribution in [3.63, 3.8) is 0 Å². The zero-order chi connectivity index (χ0) is 32.7. The molecule has 0 spiro atoms. The Kier molecular flexibility index (Phi) is 11.6. The summed E-state index contributed by atoms with van der Waals surface area (Å²) in [6, 6.07) is 6.80. The number of fused-ring (bicyclic) bond motifs is 1. The summed E-state index contributed by atoms with van der Waals surface area (Å²) in [7, 11) is 1.07. The molecule has 0 aliphatic carbocycles. The van der Waals surface area contributed by atoms with E-state index in [1.165, 1.54) is 6.07 Å². The van der Waals surface area contributed by atoms with Crippen molar-refractivity contribution in [2.24, 2.45) is 0 Å². The van der Waals surface area contributed by atoms with E-state index in [2.05, 4.69) is 68.3 Å². The highest BCUT2D eigenvalue weighted by Crippen LogP contribution is 2.39. The summed E-state index contributed by atoms with van der Waals surface area (Å²) in [6.07, 6.45) is 3.83. The van der Waals surface area contributed by atoms with Crippen LogP contribution in [0.15, 0.2) is 30.5 Å². The number of hydrogen-bond acceptors (Lipinski definition) is 9. The molecule has 0 saturated carbocycles. The van der Waals surface area contributed by atoms with Crippen LogP contribution >= 0.6 is 0 Å². The van der Waals surface area contributed by atoms with Crippen LogP contribution in [-0.4, -0.2) is 57.2 Å². The molecule has 242 valence electrons. The fraction of sp³-hybridized carbons (Fsp3) is 0.545. The monoisotopic (exact) mass is 628 g/mol. The first-order valence-corrected chi connectivity index (χ1v) is 18.1. The molecule has 0 amide bonds. The van der Waals surface area contributed by atoms with E-state index in [0.29, 0.717) is 34.8 Å². The predicted octanol–water partition coefficient (Wildman–Crippen LogP) is 7.96. The van der Waals surface area contributed by atoms with E-state index < -0.39 is 25.6 Å². The van der Waals surface area contributed by atoms with Crippen molar-refractivity contribution < 1.29 is 27.8 Å². The number of rotatable bonds is 15. The summed E-state index contributed by atoms with van der Waals surface area (Å²) < 4.78 is 37.6. The molecule has 0 aliphatic rings. The van der Waals surface area contributed by atoms with Gasteiger partial charge in [-0.3, -0.25) is 0 Å². The number of ether oxygens (including phenoxy) is 3. The number of esters is 1. The first-order chi connectivity index (χ1) is 20.7. The van der Waals surface area contributed by atoms with E-state index in [4.69, 9.17) is 18.6 Å². The second-order valence-corrected chi connectivity index (χ2v) is 17.6. The van der Waals surface area contributed by atoms with Crippen molar-refractivity contribution in [1.82, 2.24) is 9.97 Å². The van der Waals surface area contributed by atoms with Gasteiger partial charge in [-0.05, 0) is 50.5 Å². The van der Waals surface area contributed by atoms with Crippen LogP contribution in [-0.2, 0) is 15.7 Å². The Morgan fingerprint density at radius 2 is 1.80 bits per heavy atom. The molecule has 0 radical (unpaired) electrons. The molecule has 0 fully saturated rings. The van der Waals surface area contributed by atoms with E-state index in [9.17, 15) is 9.18 Å². The van der Waals surface area contributed by atoms with Crippen LogP contribution in [0.1, 0.15) is 76.7 Å². The van der Waals surface area contributed by atoms with Gasteiger partial charge in [-0.2, -0.15) is 0 Å². The van der Waals surface area contributed by atoms with Gasteiger partial charge in [-0.25, -0.2) is 19.2 Å². The molecule has 0 saturated heterocycles. The first kappa shape index (κ1) is 35.0. The van der Waals surface area contributed by atoms with Crippen LogP contribution in [0.2, 0.25) is 18.1 Å². The first-order valence-electron chi connectivity index (χ1n) is 15.2. The Morgan fingerprint density at radius 3 is 2.41 bits per heavy atom. The molecule has 11 heteroatoms. The maximum absolute atomic E-state index is 14.5. The van der Waals surface area contributed by atoms with Crippen LogP contribution in [0.5, 0.6) is 11.5 Å². The normalized spacial score (nSPS) is 13.3. The number of pyridine rings is 2. The van der Waals surface area contributed by atoms with Gasteiger partial charge in [0, 0.05) is 24.2 Å². The third-order valence-corrected chi connectivity index (χ3v) is 12.8. The summed E-state index contributed by atoms with van der Waals surface area (Å²) >= 11 is 0. The minimum absolute atomic E-state index is 0.0246. The number of anilines is 2. The topological polar surface area (TPSA) is 104 Å². The quantitative estimate of drug-likeness (QED) is 0.128. The van der Waals surface area contributed by atoms with Crippen molar-refractivity contribution in [2.75, 3.05) is 38.1 Å². The molecule has 3 aromatic rings. The highest BCUT2D eigenvalue weighted by atomic mass is 28.4. The van der Waals surface area contributed by atoms with Gasteiger partial charge in [0.05, 0.1) is 50.4 Å². The third kappa shape index (κ3) is 8.38. The van der Waals surface area contributed by atoms with Gasteiger partial charge in [0.2, 0.25) is 0 Å². The van der Waals surface area contributed by atoms with Gasteiger partial charge in [-0.15, -0.1) is 0 Å². The molecule has 1 unspecified atom stereocenters. The standard InChI is InChI=1S/C33H49FN4O5Si/c1-11-13-16-33(6,21-43-44(9,10)32(3,4)5)38-29-27(31(39)42-12-2)30(37-25-17-23(34)20-35-28(25)29)36-19-22-14-15-24(40-7)18-26(22)41-8/h14-15,17-18,20H,11-13,16,19,21H2,1-10H3,(H2,36,37,38). The summed E-state index contributed by atoms with van der Waals surface area (Å²) in [5.74, 6) is 0.407. The number of aromatic nitrogens is 2. The molecule has 0 bridgehead atoms. The lowest BCUT2D eigenvalue weighted by Gasteiger charge is -2.41. The van der Waals surface area contributed by atoms with Crippen LogP contribution in [0.25, 0.3) is 11.0 Å². The third-order valence-electron chi connectivity index (χ3n) is 8.28. The number of carbonyl (C=O) groups is 1. The molecule has 1 atom stereocenters. The maximum Gasteiger partial charge on any atom is 0.344 e. The molecule has 0 aliphatic heterocycles. The Hall–Kier alpha value is -3.44. The number of hydrogen-bond donors (Lipinski definition) is 2. The number of halogens is 1. The summed E-state index contributed by atoms with van der Waals surface area (Å²) in [4.78, 5) is 22.7. The molecule has 44 heavy (non-hydrogen) atoms. The largest absolute Gasteiger partial charge is 0.497 e. The lowest BCUT2D eigenvalue weighted by Crippen LogP contribution is -2.48. The average molecular weight is 629 g/mol. The Morgan fingerprint density at radius 1 is 1.07 bits per heavy atom. The fourth-order valence-corrected chi connectivity index (χ4v) is 5.66. The van der Waals surface area contributed by atoms with Crippen molar-refractivity contribution in [3.05, 3.63) is 47.4 Å². The van der Waals surface area contributed by atoms with E-state index in [1.54, 1.807) is 27.2 Å². The van der Waals surface area contributed by atoms with Crippen LogP contribution in [0, 0.1) is 5.82 Å². The minimum atomic E-state index is -2.10. The van der Waals surface area contributed by atoms with Gasteiger partial charge in [-0.1, -0.05) is 40.5 Å². The molecule has 2 N–H and O–H groups in total. The zero-order valence-electron chi connectivity index (χ0n) is 27.9. The summed E-state index contributed by atoms with van der Waals surface area (Å²) in [5.41, 5.74) is 1.53. The van der Waals surface area contributed by atoms with Crippen molar-refractivity contribution in [1.29, 1.82) is 0 Å². The number of carbonyl (C=O) groups excluding carboxylic acids is 1. The molecule has 2 aromatic heterocycles. The van der Waals surface area contributed by atoms with Gasteiger partial charge < -0.3 is 29.3 Å². The smallest absolute Gasteiger partial charge is 0.344 e. The van der Waals surface area contributed by atoms with Crippen LogP contribution in [0.3, 0.4) is 0 Å². The van der Waals surface area contributed by atoms with Gasteiger partial charge in [0.15, 0.2) is 8.32 Å². The van der Waals surface area contributed by atoms with E-state index in [-0.39, 0.29) is 29.6 Å². The molecule has 3 rings (SSSR count).